The number of thioether (sulfide) groups is 1. The van der Waals surface area contributed by atoms with Crippen molar-refractivity contribution in [2.75, 3.05) is 18.1 Å². The van der Waals surface area contributed by atoms with Gasteiger partial charge in [-0.3, -0.25) is 14.2 Å². The van der Waals surface area contributed by atoms with E-state index in [-0.39, 0.29) is 23.3 Å². The third-order valence-electron chi connectivity index (χ3n) is 4.18. The molecule has 3 aromatic rings. The molecule has 2 amide bonds. The first-order chi connectivity index (χ1) is 14.1. The second-order valence-electron chi connectivity index (χ2n) is 6.19. The number of benzene rings is 2. The lowest BCUT2D eigenvalue weighted by atomic mass is 10.1. The Bertz CT molecular complexity index is 1030. The van der Waals surface area contributed by atoms with Crippen molar-refractivity contribution in [3.05, 3.63) is 76.2 Å². The lowest BCUT2D eigenvalue weighted by Crippen LogP contribution is -2.20. The first kappa shape index (κ1) is 20.4. The number of rotatable bonds is 8. The first-order valence-electron chi connectivity index (χ1n) is 9.00. The van der Waals surface area contributed by atoms with Crippen molar-refractivity contribution in [3.8, 4) is 0 Å². The molecule has 0 fully saturated rings. The van der Waals surface area contributed by atoms with Crippen molar-refractivity contribution in [2.24, 2.45) is 0 Å². The Morgan fingerprint density at radius 1 is 1.10 bits per heavy atom. The molecule has 3 N–H and O–H groups in total. The summed E-state index contributed by atoms with van der Waals surface area (Å²) in [5.41, 5.74) is 1.92. The minimum atomic E-state index is -0.298. The number of amides is 2. The fourth-order valence-electron chi connectivity index (χ4n) is 2.67. The molecule has 0 aliphatic heterocycles. The maximum absolute atomic E-state index is 12.2. The van der Waals surface area contributed by atoms with Gasteiger partial charge in [-0.1, -0.05) is 42.1 Å². The third-order valence-corrected chi connectivity index (χ3v) is 5.16. The fraction of sp³-hybridized carbons (Fsp3) is 0.200. The summed E-state index contributed by atoms with van der Waals surface area (Å²) in [4.78, 5) is 35.8. The maximum Gasteiger partial charge on any atom is 0.343 e. The number of carbonyl (C=O) groups is 2. The second-order valence-corrected chi connectivity index (χ2v) is 7.13. The summed E-state index contributed by atoms with van der Waals surface area (Å²) < 4.78 is 1.53. The van der Waals surface area contributed by atoms with Crippen LogP contribution in [-0.4, -0.2) is 39.4 Å². The van der Waals surface area contributed by atoms with Gasteiger partial charge in [-0.25, -0.2) is 9.89 Å². The van der Waals surface area contributed by atoms with Crippen molar-refractivity contribution >= 4 is 29.3 Å². The molecule has 0 saturated heterocycles. The third kappa shape index (κ3) is 5.58. The summed E-state index contributed by atoms with van der Waals surface area (Å²) >= 11 is 1.19. The molecule has 29 heavy (non-hydrogen) atoms. The highest BCUT2D eigenvalue weighted by Crippen LogP contribution is 2.15. The number of aryl methyl sites for hydroxylation is 1. The summed E-state index contributed by atoms with van der Waals surface area (Å²) in [5.74, 6) is -0.314. The number of anilines is 1. The molecule has 0 aliphatic carbocycles. The fourth-order valence-corrected chi connectivity index (χ4v) is 3.45. The zero-order valence-corrected chi connectivity index (χ0v) is 16.7. The molecule has 150 valence electrons. The van der Waals surface area contributed by atoms with Gasteiger partial charge in [0.15, 0.2) is 5.16 Å². The van der Waals surface area contributed by atoms with Gasteiger partial charge in [0.25, 0.3) is 5.91 Å². The monoisotopic (exact) mass is 411 g/mol. The van der Waals surface area contributed by atoms with E-state index in [0.29, 0.717) is 29.4 Å². The van der Waals surface area contributed by atoms with Crippen molar-refractivity contribution in [1.82, 2.24) is 20.1 Å². The van der Waals surface area contributed by atoms with Gasteiger partial charge in [-0.15, -0.1) is 5.10 Å². The zero-order chi connectivity index (χ0) is 20.6. The molecule has 0 saturated carbocycles. The quantitative estimate of drug-likeness (QED) is 0.491. The molecule has 3 rings (SSSR count). The lowest BCUT2D eigenvalue weighted by molar-refractivity contribution is -0.113. The molecule has 0 spiro atoms. The molecule has 0 aliphatic rings. The van der Waals surface area contributed by atoms with Gasteiger partial charge in [0.2, 0.25) is 5.91 Å². The number of nitrogens with zero attached hydrogens (tertiary/aromatic N) is 2. The largest absolute Gasteiger partial charge is 0.355 e. The normalized spacial score (nSPS) is 10.5. The van der Waals surface area contributed by atoms with Crippen LogP contribution in [0.15, 0.2) is 64.5 Å². The van der Waals surface area contributed by atoms with Crippen molar-refractivity contribution < 1.29 is 9.59 Å². The maximum atomic E-state index is 12.2. The number of nitrogens with one attached hydrogen (secondary N) is 3. The van der Waals surface area contributed by atoms with E-state index in [1.165, 1.54) is 16.3 Å². The van der Waals surface area contributed by atoms with Gasteiger partial charge in [0.05, 0.1) is 5.75 Å². The van der Waals surface area contributed by atoms with E-state index in [1.807, 2.05) is 30.3 Å². The van der Waals surface area contributed by atoms with Gasteiger partial charge < -0.3 is 10.6 Å². The Balaban J connectivity index is 1.55. The van der Waals surface area contributed by atoms with Crippen LogP contribution in [0, 0.1) is 0 Å². The van der Waals surface area contributed by atoms with Gasteiger partial charge in [0, 0.05) is 24.8 Å². The van der Waals surface area contributed by atoms with Crippen LogP contribution in [0.25, 0.3) is 0 Å². The molecule has 0 unspecified atom stereocenters. The van der Waals surface area contributed by atoms with E-state index in [9.17, 15) is 14.4 Å². The Kier molecular flexibility index (Phi) is 6.85. The number of aromatic amines is 1. The average molecular weight is 411 g/mol. The highest BCUT2D eigenvalue weighted by atomic mass is 32.2. The SMILES string of the molecule is CNC(=O)c1ccc(NC(=O)CSc2n[nH]c(=O)n2CCc2ccccc2)cc1. The molecule has 8 nitrogen and oxygen atoms in total. The highest BCUT2D eigenvalue weighted by Gasteiger charge is 2.12. The van der Waals surface area contributed by atoms with E-state index in [0.717, 1.165) is 5.56 Å². The van der Waals surface area contributed by atoms with Crippen LogP contribution < -0.4 is 16.3 Å². The number of aromatic nitrogens is 3. The van der Waals surface area contributed by atoms with Crippen molar-refractivity contribution in [3.63, 3.8) is 0 Å². The molecule has 0 bridgehead atoms. The number of hydrogen-bond donors (Lipinski definition) is 3. The standard InChI is InChI=1S/C20H21N5O3S/c1-21-18(27)15-7-9-16(10-8-15)22-17(26)13-29-20-24-23-19(28)25(20)12-11-14-5-3-2-4-6-14/h2-10H,11-13H2,1H3,(H,21,27)(H,22,26)(H,23,28). The molecular weight excluding hydrogens is 390 g/mol. The Hall–Kier alpha value is -3.33. The van der Waals surface area contributed by atoms with Gasteiger partial charge in [-0.05, 0) is 36.2 Å². The van der Waals surface area contributed by atoms with Crippen LogP contribution in [0.5, 0.6) is 0 Å². The predicted octanol–water partition coefficient (Wildman–Crippen LogP) is 1.90. The zero-order valence-electron chi connectivity index (χ0n) is 15.8. The van der Waals surface area contributed by atoms with Crippen molar-refractivity contribution in [1.29, 1.82) is 0 Å². The van der Waals surface area contributed by atoms with E-state index in [2.05, 4.69) is 20.8 Å². The number of H-pyrrole nitrogens is 1. The van der Waals surface area contributed by atoms with Gasteiger partial charge in [-0.2, -0.15) is 0 Å². The average Bonchev–Trinajstić information content (AvgIpc) is 3.11. The van der Waals surface area contributed by atoms with Crippen LogP contribution in [-0.2, 0) is 17.8 Å². The van der Waals surface area contributed by atoms with E-state index in [4.69, 9.17) is 0 Å². The summed E-state index contributed by atoms with van der Waals surface area (Å²) in [6.45, 7) is 0.476. The second kappa shape index (κ2) is 9.74. The summed E-state index contributed by atoms with van der Waals surface area (Å²) in [5, 5.41) is 12.2. The molecule has 0 atom stereocenters. The highest BCUT2D eigenvalue weighted by molar-refractivity contribution is 7.99. The van der Waals surface area contributed by atoms with Crippen LogP contribution >= 0.6 is 11.8 Å². The Labute approximate surface area is 171 Å². The van der Waals surface area contributed by atoms with Crippen LogP contribution in [0.3, 0.4) is 0 Å². The number of carbonyl (C=O) groups excluding carboxylic acids is 2. The molecule has 2 aromatic carbocycles. The van der Waals surface area contributed by atoms with Crippen LogP contribution in [0.1, 0.15) is 15.9 Å². The van der Waals surface area contributed by atoms with Crippen LogP contribution in [0.2, 0.25) is 0 Å². The minimum Gasteiger partial charge on any atom is -0.355 e. The molecule has 1 aromatic heterocycles. The number of hydrogen-bond acceptors (Lipinski definition) is 5. The summed E-state index contributed by atoms with van der Waals surface area (Å²) in [6.07, 6.45) is 0.692. The van der Waals surface area contributed by atoms with Crippen LogP contribution in [0.4, 0.5) is 5.69 Å². The smallest absolute Gasteiger partial charge is 0.343 e. The first-order valence-corrected chi connectivity index (χ1v) is 9.99. The molecular formula is C20H21N5O3S. The topological polar surface area (TPSA) is 109 Å². The lowest BCUT2D eigenvalue weighted by Gasteiger charge is -2.07. The van der Waals surface area contributed by atoms with Gasteiger partial charge in [0.1, 0.15) is 0 Å². The van der Waals surface area contributed by atoms with E-state index >= 15 is 0 Å². The summed E-state index contributed by atoms with van der Waals surface area (Å²) in [7, 11) is 1.56. The van der Waals surface area contributed by atoms with E-state index < -0.39 is 0 Å². The van der Waals surface area contributed by atoms with Gasteiger partial charge >= 0.3 is 5.69 Å². The minimum absolute atomic E-state index is 0.104. The molecule has 9 heteroatoms. The summed E-state index contributed by atoms with van der Waals surface area (Å²) in [6, 6.07) is 16.5. The van der Waals surface area contributed by atoms with Crippen molar-refractivity contribution in [2.45, 2.75) is 18.1 Å². The Morgan fingerprint density at radius 2 is 1.83 bits per heavy atom. The Morgan fingerprint density at radius 3 is 2.52 bits per heavy atom. The van der Waals surface area contributed by atoms with E-state index in [1.54, 1.807) is 31.3 Å². The molecule has 0 radical (unpaired) electrons. The molecule has 1 heterocycles. The predicted molar refractivity (Wildman–Crippen MR) is 112 cm³/mol.